The Hall–Kier alpha value is -0.610. The maximum absolute atomic E-state index is 11.4. The molecule has 0 atom stereocenters. The van der Waals surface area contributed by atoms with Gasteiger partial charge in [0.05, 0.1) is 13.2 Å². The number of rotatable bonds is 8. The predicted octanol–water partition coefficient (Wildman–Crippen LogP) is 1.36. The van der Waals surface area contributed by atoms with Crippen LogP contribution in [0.25, 0.3) is 0 Å². The Morgan fingerprint density at radius 3 is 2.59 bits per heavy atom. The number of hydrogen-bond donors (Lipinski definition) is 0. The van der Waals surface area contributed by atoms with Crippen LogP contribution in [0.2, 0.25) is 0 Å². The van der Waals surface area contributed by atoms with Gasteiger partial charge in [-0.3, -0.25) is 9.69 Å². The minimum atomic E-state index is -0.101. The molecule has 100 valence electrons. The van der Waals surface area contributed by atoms with E-state index in [1.807, 2.05) is 6.92 Å². The lowest BCUT2D eigenvalue weighted by molar-refractivity contribution is -0.144. The summed E-state index contributed by atoms with van der Waals surface area (Å²) in [5, 5.41) is 0. The Morgan fingerprint density at radius 1 is 1.29 bits per heavy atom. The molecule has 0 bridgehead atoms. The molecule has 17 heavy (non-hydrogen) atoms. The first-order valence-corrected chi connectivity index (χ1v) is 6.86. The fourth-order valence-electron chi connectivity index (χ4n) is 2.26. The van der Waals surface area contributed by atoms with E-state index in [0.717, 1.165) is 19.5 Å². The Kier molecular flexibility index (Phi) is 7.21. The summed E-state index contributed by atoms with van der Waals surface area (Å²) in [7, 11) is 0. The highest BCUT2D eigenvalue weighted by molar-refractivity contribution is 5.71. The summed E-state index contributed by atoms with van der Waals surface area (Å²) in [6, 6.07) is 0. The lowest BCUT2D eigenvalue weighted by Crippen LogP contribution is -2.33. The second-order valence-electron chi connectivity index (χ2n) is 4.58. The Morgan fingerprint density at radius 2 is 2.00 bits per heavy atom. The van der Waals surface area contributed by atoms with Crippen molar-refractivity contribution < 1.29 is 9.53 Å². The van der Waals surface area contributed by atoms with E-state index in [4.69, 9.17) is 4.74 Å². The lowest BCUT2D eigenvalue weighted by atomic mass is 10.3. The second kappa shape index (κ2) is 8.48. The van der Waals surface area contributed by atoms with Gasteiger partial charge in [-0.25, -0.2) is 0 Å². The van der Waals surface area contributed by atoms with Crippen LogP contribution >= 0.6 is 0 Å². The average molecular weight is 242 g/mol. The van der Waals surface area contributed by atoms with Gasteiger partial charge in [0, 0.05) is 0 Å². The van der Waals surface area contributed by atoms with Crippen molar-refractivity contribution in [1.29, 1.82) is 0 Å². The molecule has 1 aliphatic rings. The van der Waals surface area contributed by atoms with E-state index in [0.29, 0.717) is 13.2 Å². The molecule has 1 heterocycles. The van der Waals surface area contributed by atoms with Gasteiger partial charge in [0.15, 0.2) is 0 Å². The fraction of sp³-hybridized carbons (Fsp3) is 0.923. The summed E-state index contributed by atoms with van der Waals surface area (Å²) in [6.07, 6.45) is 3.84. The normalized spacial score (nSPS) is 16.6. The van der Waals surface area contributed by atoms with Gasteiger partial charge >= 0.3 is 5.97 Å². The SMILES string of the molecule is CCOC(=O)CN(CC)CCCN1CCCC1. The summed E-state index contributed by atoms with van der Waals surface area (Å²) in [5.41, 5.74) is 0. The smallest absolute Gasteiger partial charge is 0.320 e. The van der Waals surface area contributed by atoms with Crippen LogP contribution in [-0.2, 0) is 9.53 Å². The van der Waals surface area contributed by atoms with Crippen LogP contribution in [0.1, 0.15) is 33.1 Å². The molecule has 0 spiro atoms. The van der Waals surface area contributed by atoms with Gasteiger partial charge in [0.2, 0.25) is 0 Å². The Bertz CT molecular complexity index is 215. The molecule has 1 fully saturated rings. The fourth-order valence-corrected chi connectivity index (χ4v) is 2.26. The van der Waals surface area contributed by atoms with Crippen molar-refractivity contribution in [1.82, 2.24) is 9.80 Å². The van der Waals surface area contributed by atoms with Gasteiger partial charge in [-0.2, -0.15) is 0 Å². The highest BCUT2D eigenvalue weighted by Crippen LogP contribution is 2.07. The Labute approximate surface area is 105 Å². The molecule has 0 aromatic heterocycles. The number of carbonyl (C=O) groups excluding carboxylic acids is 1. The second-order valence-corrected chi connectivity index (χ2v) is 4.58. The van der Waals surface area contributed by atoms with Crippen molar-refractivity contribution in [2.75, 3.05) is 45.9 Å². The number of esters is 1. The molecule has 1 aliphatic heterocycles. The highest BCUT2D eigenvalue weighted by Gasteiger charge is 2.13. The summed E-state index contributed by atoms with van der Waals surface area (Å²) >= 11 is 0. The van der Waals surface area contributed by atoms with Crippen molar-refractivity contribution in [2.45, 2.75) is 33.1 Å². The van der Waals surface area contributed by atoms with Crippen LogP contribution in [0, 0.1) is 0 Å². The van der Waals surface area contributed by atoms with Crippen LogP contribution < -0.4 is 0 Å². The molecule has 0 unspecified atom stereocenters. The van der Waals surface area contributed by atoms with Crippen LogP contribution in [0.15, 0.2) is 0 Å². The van der Waals surface area contributed by atoms with Crippen molar-refractivity contribution >= 4 is 5.97 Å². The van der Waals surface area contributed by atoms with Crippen LogP contribution in [0.3, 0.4) is 0 Å². The third kappa shape index (κ3) is 6.03. The first-order chi connectivity index (χ1) is 8.26. The van der Waals surface area contributed by atoms with Gasteiger partial charge < -0.3 is 9.64 Å². The maximum Gasteiger partial charge on any atom is 0.320 e. The van der Waals surface area contributed by atoms with E-state index in [2.05, 4.69) is 16.7 Å². The predicted molar refractivity (Wildman–Crippen MR) is 69.0 cm³/mol. The topological polar surface area (TPSA) is 32.8 Å². The van der Waals surface area contributed by atoms with Crippen molar-refractivity contribution in [2.24, 2.45) is 0 Å². The number of hydrogen-bond acceptors (Lipinski definition) is 4. The van der Waals surface area contributed by atoms with E-state index in [-0.39, 0.29) is 5.97 Å². The van der Waals surface area contributed by atoms with Crippen LogP contribution in [-0.4, -0.2) is 61.6 Å². The zero-order valence-corrected chi connectivity index (χ0v) is 11.3. The van der Waals surface area contributed by atoms with Gasteiger partial charge in [-0.1, -0.05) is 6.92 Å². The molecule has 0 saturated carbocycles. The molecule has 0 aromatic carbocycles. The number of nitrogens with zero attached hydrogens (tertiary/aromatic N) is 2. The molecular weight excluding hydrogens is 216 g/mol. The minimum absolute atomic E-state index is 0.101. The maximum atomic E-state index is 11.4. The number of likely N-dealkylation sites (tertiary alicyclic amines) is 1. The standard InChI is InChI=1S/C13H26N2O2/c1-3-14(12-13(16)17-4-2)10-7-11-15-8-5-6-9-15/h3-12H2,1-2H3. The molecule has 0 amide bonds. The molecular formula is C13H26N2O2. The first kappa shape index (κ1) is 14.5. The molecule has 4 heteroatoms. The van der Waals surface area contributed by atoms with Crippen molar-refractivity contribution in [3.63, 3.8) is 0 Å². The number of ether oxygens (including phenoxy) is 1. The highest BCUT2D eigenvalue weighted by atomic mass is 16.5. The average Bonchev–Trinajstić information content (AvgIpc) is 2.81. The van der Waals surface area contributed by atoms with Crippen molar-refractivity contribution in [3.05, 3.63) is 0 Å². The zero-order chi connectivity index (χ0) is 12.5. The zero-order valence-electron chi connectivity index (χ0n) is 11.3. The minimum Gasteiger partial charge on any atom is -0.465 e. The largest absolute Gasteiger partial charge is 0.465 e. The van der Waals surface area contributed by atoms with Crippen LogP contribution in [0.4, 0.5) is 0 Å². The molecule has 1 rings (SSSR count). The number of carbonyl (C=O) groups is 1. The van der Waals surface area contributed by atoms with E-state index >= 15 is 0 Å². The van der Waals surface area contributed by atoms with E-state index < -0.39 is 0 Å². The molecule has 4 nitrogen and oxygen atoms in total. The van der Waals surface area contributed by atoms with Crippen molar-refractivity contribution in [3.8, 4) is 0 Å². The van der Waals surface area contributed by atoms with Gasteiger partial charge in [0.25, 0.3) is 0 Å². The Balaban J connectivity index is 2.10. The lowest BCUT2D eigenvalue weighted by Gasteiger charge is -2.21. The number of likely N-dealkylation sites (N-methyl/N-ethyl adjacent to an activating group) is 1. The quantitative estimate of drug-likeness (QED) is 0.602. The first-order valence-electron chi connectivity index (χ1n) is 6.86. The van der Waals surface area contributed by atoms with Gasteiger partial charge in [0.1, 0.15) is 0 Å². The summed E-state index contributed by atoms with van der Waals surface area (Å²) in [4.78, 5) is 16.0. The summed E-state index contributed by atoms with van der Waals surface area (Å²) in [6.45, 7) is 10.4. The van der Waals surface area contributed by atoms with E-state index in [9.17, 15) is 4.79 Å². The summed E-state index contributed by atoms with van der Waals surface area (Å²) in [5.74, 6) is -0.101. The van der Waals surface area contributed by atoms with E-state index in [1.54, 1.807) is 0 Å². The molecule has 0 aliphatic carbocycles. The third-order valence-electron chi connectivity index (χ3n) is 3.25. The van der Waals surface area contributed by atoms with Gasteiger partial charge in [-0.15, -0.1) is 0 Å². The molecule has 0 radical (unpaired) electrons. The molecule has 1 saturated heterocycles. The molecule has 0 aromatic rings. The van der Waals surface area contributed by atoms with E-state index in [1.165, 1.54) is 32.5 Å². The third-order valence-corrected chi connectivity index (χ3v) is 3.25. The monoisotopic (exact) mass is 242 g/mol. The molecule has 0 N–H and O–H groups in total. The van der Waals surface area contributed by atoms with Crippen LogP contribution in [0.5, 0.6) is 0 Å². The van der Waals surface area contributed by atoms with Gasteiger partial charge in [-0.05, 0) is 58.9 Å². The summed E-state index contributed by atoms with van der Waals surface area (Å²) < 4.78 is 4.96.